The number of nitrogens with one attached hydrogen (secondary N) is 1. The molecule has 16 heavy (non-hydrogen) atoms. The molecule has 2 rings (SSSR count). The van der Waals surface area contributed by atoms with E-state index in [0.29, 0.717) is 0 Å². The molecule has 0 saturated carbocycles. The highest BCUT2D eigenvalue weighted by Gasteiger charge is 2.15. The lowest BCUT2D eigenvalue weighted by Crippen LogP contribution is -2.28. The van der Waals surface area contributed by atoms with E-state index >= 15 is 0 Å². The average molecular weight is 253 g/mol. The molecule has 0 aliphatic carbocycles. The molecule has 0 bridgehead atoms. The minimum atomic E-state index is 0.00458. The van der Waals surface area contributed by atoms with Crippen LogP contribution >= 0.6 is 22.9 Å². The minimum Gasteiger partial charge on any atom is -0.271 e. The van der Waals surface area contributed by atoms with Gasteiger partial charge in [-0.3, -0.25) is 5.84 Å². The molecule has 0 spiro atoms. The molecule has 1 aromatic heterocycles. The van der Waals surface area contributed by atoms with Crippen molar-refractivity contribution >= 4 is 22.9 Å². The Morgan fingerprint density at radius 3 is 2.75 bits per heavy atom. The van der Waals surface area contributed by atoms with E-state index in [1.807, 2.05) is 24.3 Å². The largest absolute Gasteiger partial charge is 0.271 e. The second-order valence-corrected chi connectivity index (χ2v) is 4.84. The fourth-order valence-electron chi connectivity index (χ4n) is 1.72. The topological polar surface area (TPSA) is 38.0 Å². The first-order chi connectivity index (χ1) is 7.72. The van der Waals surface area contributed by atoms with Crippen molar-refractivity contribution < 1.29 is 0 Å². The van der Waals surface area contributed by atoms with Crippen LogP contribution in [0.4, 0.5) is 0 Å². The molecule has 1 unspecified atom stereocenters. The van der Waals surface area contributed by atoms with Crippen LogP contribution in [0.1, 0.15) is 22.7 Å². The Bertz CT molecular complexity index is 481. The van der Waals surface area contributed by atoms with E-state index in [-0.39, 0.29) is 6.04 Å². The van der Waals surface area contributed by atoms with Crippen molar-refractivity contribution in [3.05, 3.63) is 56.7 Å². The SMILES string of the molecule is Cc1cscc1C(NN)c1cccc(Cl)c1. The second-order valence-electron chi connectivity index (χ2n) is 3.66. The lowest BCUT2D eigenvalue weighted by atomic mass is 9.99. The van der Waals surface area contributed by atoms with Crippen molar-refractivity contribution in [3.8, 4) is 0 Å². The number of benzene rings is 1. The predicted octanol–water partition coefficient (Wildman–Crippen LogP) is 3.26. The fourth-order valence-corrected chi connectivity index (χ4v) is 2.79. The highest BCUT2D eigenvalue weighted by atomic mass is 35.5. The van der Waals surface area contributed by atoms with Gasteiger partial charge in [0, 0.05) is 5.02 Å². The lowest BCUT2D eigenvalue weighted by Gasteiger charge is -2.16. The Balaban J connectivity index is 2.40. The van der Waals surface area contributed by atoms with E-state index in [4.69, 9.17) is 17.4 Å². The maximum Gasteiger partial charge on any atom is 0.0721 e. The summed E-state index contributed by atoms with van der Waals surface area (Å²) in [5.41, 5.74) is 6.36. The van der Waals surface area contributed by atoms with Crippen molar-refractivity contribution in [2.45, 2.75) is 13.0 Å². The molecule has 2 aromatic rings. The molecule has 0 radical (unpaired) electrons. The molecule has 0 aliphatic heterocycles. The van der Waals surface area contributed by atoms with Crippen molar-refractivity contribution in [1.82, 2.24) is 5.43 Å². The third-order valence-corrected chi connectivity index (χ3v) is 3.67. The van der Waals surface area contributed by atoms with Gasteiger partial charge in [-0.1, -0.05) is 23.7 Å². The maximum absolute atomic E-state index is 5.98. The van der Waals surface area contributed by atoms with Crippen LogP contribution < -0.4 is 11.3 Å². The van der Waals surface area contributed by atoms with Crippen LogP contribution in [0.15, 0.2) is 35.0 Å². The van der Waals surface area contributed by atoms with Gasteiger partial charge in [0.25, 0.3) is 0 Å². The third-order valence-electron chi connectivity index (χ3n) is 2.55. The molecule has 0 saturated heterocycles. The van der Waals surface area contributed by atoms with E-state index in [1.165, 1.54) is 11.1 Å². The molecule has 1 atom stereocenters. The number of hydrogen-bond acceptors (Lipinski definition) is 3. The highest BCUT2D eigenvalue weighted by Crippen LogP contribution is 2.28. The molecule has 84 valence electrons. The molecule has 0 fully saturated rings. The van der Waals surface area contributed by atoms with Gasteiger partial charge >= 0.3 is 0 Å². The summed E-state index contributed by atoms with van der Waals surface area (Å²) in [6.45, 7) is 2.08. The molecular weight excluding hydrogens is 240 g/mol. The highest BCUT2D eigenvalue weighted by molar-refractivity contribution is 7.08. The van der Waals surface area contributed by atoms with Crippen molar-refractivity contribution in [3.63, 3.8) is 0 Å². The summed E-state index contributed by atoms with van der Waals surface area (Å²) in [6.07, 6.45) is 0. The Kier molecular flexibility index (Phi) is 3.61. The van der Waals surface area contributed by atoms with Gasteiger partial charge in [-0.15, -0.1) is 0 Å². The summed E-state index contributed by atoms with van der Waals surface area (Å²) in [5.74, 6) is 5.63. The van der Waals surface area contributed by atoms with Gasteiger partial charge in [0.05, 0.1) is 6.04 Å². The first-order valence-electron chi connectivity index (χ1n) is 4.96. The van der Waals surface area contributed by atoms with Crippen LogP contribution in [-0.4, -0.2) is 0 Å². The average Bonchev–Trinajstić information content (AvgIpc) is 2.67. The summed E-state index contributed by atoms with van der Waals surface area (Å²) < 4.78 is 0. The van der Waals surface area contributed by atoms with Gasteiger partial charge in [-0.2, -0.15) is 11.3 Å². The molecule has 4 heteroatoms. The zero-order chi connectivity index (χ0) is 11.5. The Labute approximate surface area is 104 Å². The van der Waals surface area contributed by atoms with Gasteiger partial charge in [-0.25, -0.2) is 5.43 Å². The third kappa shape index (κ3) is 2.28. The Morgan fingerprint density at radius 2 is 2.19 bits per heavy atom. The standard InChI is InChI=1S/C12H13ClN2S/c1-8-6-16-7-11(8)12(15-14)9-3-2-4-10(13)5-9/h2-7,12,15H,14H2,1H3. The normalized spacial score (nSPS) is 12.7. The molecule has 2 nitrogen and oxygen atoms in total. The van der Waals surface area contributed by atoms with Gasteiger partial charge in [0.15, 0.2) is 0 Å². The van der Waals surface area contributed by atoms with E-state index < -0.39 is 0 Å². The summed E-state index contributed by atoms with van der Waals surface area (Å²) in [5, 5.41) is 4.95. The van der Waals surface area contributed by atoms with Gasteiger partial charge in [0.1, 0.15) is 0 Å². The Hall–Kier alpha value is -0.870. The smallest absolute Gasteiger partial charge is 0.0721 e. The zero-order valence-electron chi connectivity index (χ0n) is 8.91. The quantitative estimate of drug-likeness (QED) is 0.650. The number of aryl methyl sites for hydroxylation is 1. The number of thiophene rings is 1. The van der Waals surface area contributed by atoms with Crippen molar-refractivity contribution in [2.24, 2.45) is 5.84 Å². The fraction of sp³-hybridized carbons (Fsp3) is 0.167. The van der Waals surface area contributed by atoms with Crippen LogP contribution in [-0.2, 0) is 0 Å². The van der Waals surface area contributed by atoms with Crippen LogP contribution in [0.3, 0.4) is 0 Å². The van der Waals surface area contributed by atoms with Gasteiger partial charge < -0.3 is 0 Å². The van der Waals surface area contributed by atoms with Gasteiger partial charge in [-0.05, 0) is 46.5 Å². The molecular formula is C12H13ClN2S. The van der Waals surface area contributed by atoms with E-state index in [0.717, 1.165) is 10.6 Å². The van der Waals surface area contributed by atoms with E-state index in [1.54, 1.807) is 11.3 Å². The summed E-state index contributed by atoms with van der Waals surface area (Å²) in [6, 6.07) is 7.75. The summed E-state index contributed by atoms with van der Waals surface area (Å²) in [4.78, 5) is 0. The van der Waals surface area contributed by atoms with Crippen LogP contribution in [0.2, 0.25) is 5.02 Å². The van der Waals surface area contributed by atoms with E-state index in [2.05, 4.69) is 23.1 Å². The molecule has 0 amide bonds. The molecule has 3 N–H and O–H groups in total. The number of halogens is 1. The van der Waals surface area contributed by atoms with E-state index in [9.17, 15) is 0 Å². The molecule has 0 aliphatic rings. The minimum absolute atomic E-state index is 0.00458. The van der Waals surface area contributed by atoms with Crippen molar-refractivity contribution in [2.75, 3.05) is 0 Å². The first-order valence-corrected chi connectivity index (χ1v) is 6.28. The monoisotopic (exact) mass is 252 g/mol. The predicted molar refractivity (Wildman–Crippen MR) is 69.7 cm³/mol. The van der Waals surface area contributed by atoms with Gasteiger partial charge in [0.2, 0.25) is 0 Å². The first kappa shape index (κ1) is 11.6. The summed E-state index contributed by atoms with van der Waals surface area (Å²) in [7, 11) is 0. The molecule has 1 aromatic carbocycles. The number of rotatable bonds is 3. The van der Waals surface area contributed by atoms with Crippen LogP contribution in [0, 0.1) is 6.92 Å². The number of hydrogen-bond donors (Lipinski definition) is 2. The number of hydrazine groups is 1. The zero-order valence-corrected chi connectivity index (χ0v) is 10.5. The molecule has 1 heterocycles. The van der Waals surface area contributed by atoms with Crippen molar-refractivity contribution in [1.29, 1.82) is 0 Å². The lowest BCUT2D eigenvalue weighted by molar-refractivity contribution is 0.636. The van der Waals surface area contributed by atoms with Crippen LogP contribution in [0.5, 0.6) is 0 Å². The van der Waals surface area contributed by atoms with Crippen LogP contribution in [0.25, 0.3) is 0 Å². The number of nitrogens with two attached hydrogens (primary N) is 1. The Morgan fingerprint density at radius 1 is 1.38 bits per heavy atom. The maximum atomic E-state index is 5.98. The summed E-state index contributed by atoms with van der Waals surface area (Å²) >= 11 is 7.66. The second kappa shape index (κ2) is 4.97.